The van der Waals surface area contributed by atoms with Gasteiger partial charge in [0.2, 0.25) is 5.91 Å². The van der Waals surface area contributed by atoms with E-state index in [4.69, 9.17) is 10.7 Å². The number of β-amino-alcohol motifs (C(OH)–C–C–N with tert-alkyl or cyclic N) is 1. The Hall–Kier alpha value is -3.99. The van der Waals surface area contributed by atoms with E-state index in [0.717, 1.165) is 42.9 Å². The summed E-state index contributed by atoms with van der Waals surface area (Å²) < 4.78 is 0. The lowest BCUT2D eigenvalue weighted by molar-refractivity contribution is -0.128. The third-order valence-corrected chi connectivity index (χ3v) is 9.82. The van der Waals surface area contributed by atoms with Gasteiger partial charge in [0.1, 0.15) is 5.69 Å². The maximum absolute atomic E-state index is 13.8. The number of likely N-dealkylation sites (tertiary alicyclic amines) is 1. The number of aromatic nitrogens is 1. The lowest BCUT2D eigenvalue weighted by atomic mass is 9.97. The number of nitrogens with one attached hydrogen (secondary N) is 1. The molecule has 0 saturated carbocycles. The highest BCUT2D eigenvalue weighted by Crippen LogP contribution is 2.36. The minimum atomic E-state index is -0.686. The Morgan fingerprint density at radius 3 is 2.65 bits per heavy atom. The van der Waals surface area contributed by atoms with Crippen LogP contribution in [0.25, 0.3) is 10.8 Å². The van der Waals surface area contributed by atoms with E-state index in [1.807, 2.05) is 19.9 Å². The third kappa shape index (κ3) is 6.47. The summed E-state index contributed by atoms with van der Waals surface area (Å²) in [4.78, 5) is 40.0. The van der Waals surface area contributed by atoms with Crippen LogP contribution in [0.1, 0.15) is 47.6 Å². The highest BCUT2D eigenvalue weighted by Gasteiger charge is 2.34. The lowest BCUT2D eigenvalue weighted by Crippen LogP contribution is -2.58. The number of carbonyl (C=O) groups is 2. The van der Waals surface area contributed by atoms with Crippen molar-refractivity contribution in [2.75, 3.05) is 62.2 Å². The van der Waals surface area contributed by atoms with Crippen LogP contribution in [0.4, 0.5) is 11.4 Å². The summed E-state index contributed by atoms with van der Waals surface area (Å²) in [6.07, 6.45) is 2.86. The van der Waals surface area contributed by atoms with Crippen LogP contribution in [0.15, 0.2) is 55.1 Å². The molecule has 4 N–H and O–H groups in total. The molecule has 3 aromatic rings. The van der Waals surface area contributed by atoms with Gasteiger partial charge in [-0.2, -0.15) is 0 Å². The molecule has 3 aliphatic rings. The SMILES string of the molecule is C=CC(=O)N1CCN(c2cc(C(=O)NC(C)CN3CCC(C)(O)C3)nc3c2CCN(c2cccc4cccc(C)c24)C3)C[C@@H]1CN. The molecular formula is C36H47N7O3. The summed E-state index contributed by atoms with van der Waals surface area (Å²) in [7, 11) is 0. The number of hydrogen-bond acceptors (Lipinski definition) is 8. The maximum Gasteiger partial charge on any atom is 0.270 e. The summed E-state index contributed by atoms with van der Waals surface area (Å²) >= 11 is 0. The second-order valence-corrected chi connectivity index (χ2v) is 13.5. The van der Waals surface area contributed by atoms with Gasteiger partial charge in [0.15, 0.2) is 0 Å². The van der Waals surface area contributed by atoms with E-state index in [2.05, 4.69) is 69.9 Å². The zero-order valence-electron chi connectivity index (χ0n) is 27.3. The van der Waals surface area contributed by atoms with E-state index < -0.39 is 5.60 Å². The number of fused-ring (bicyclic) bond motifs is 2. The predicted molar refractivity (Wildman–Crippen MR) is 183 cm³/mol. The molecular weight excluding hydrogens is 578 g/mol. The molecule has 0 spiro atoms. The van der Waals surface area contributed by atoms with Gasteiger partial charge in [-0.1, -0.05) is 36.9 Å². The standard InChI is InChI=1S/C36H47N7O3/c1-5-33(44)43-17-16-42(21-27(43)19-37)32-18-29(35(45)38-25(3)20-40-15-13-36(4,46)23-40)39-30-22-41(14-12-28(30)32)31-11-7-10-26-9-6-8-24(2)34(26)31/h5-11,18,25,27,46H,1,12-17,19-23,37H2,2-4H3,(H,38,45)/t25?,27-,36?/m0/s1. The molecule has 244 valence electrons. The summed E-state index contributed by atoms with van der Waals surface area (Å²) in [5, 5.41) is 16.0. The van der Waals surface area contributed by atoms with Crippen LogP contribution in [0.2, 0.25) is 0 Å². The monoisotopic (exact) mass is 625 g/mol. The first-order valence-electron chi connectivity index (χ1n) is 16.5. The molecule has 46 heavy (non-hydrogen) atoms. The fraction of sp³-hybridized carbons (Fsp3) is 0.472. The zero-order valence-corrected chi connectivity index (χ0v) is 27.3. The van der Waals surface area contributed by atoms with Gasteiger partial charge in [-0.15, -0.1) is 0 Å². The molecule has 0 aliphatic carbocycles. The van der Waals surface area contributed by atoms with E-state index >= 15 is 0 Å². The van der Waals surface area contributed by atoms with Crippen LogP contribution in [0.5, 0.6) is 0 Å². The van der Waals surface area contributed by atoms with Gasteiger partial charge in [-0.3, -0.25) is 14.5 Å². The second kappa shape index (κ2) is 13.0. The number of aryl methyl sites for hydroxylation is 1. The molecule has 0 radical (unpaired) electrons. The average Bonchev–Trinajstić information content (AvgIpc) is 3.40. The van der Waals surface area contributed by atoms with Crippen LogP contribution in [0, 0.1) is 6.92 Å². The molecule has 4 heterocycles. The first-order valence-corrected chi connectivity index (χ1v) is 16.5. The number of piperazine rings is 1. The number of nitrogens with two attached hydrogens (primary N) is 1. The topological polar surface area (TPSA) is 118 Å². The highest BCUT2D eigenvalue weighted by atomic mass is 16.3. The van der Waals surface area contributed by atoms with Crippen molar-refractivity contribution in [3.8, 4) is 0 Å². The van der Waals surface area contributed by atoms with Crippen molar-refractivity contribution < 1.29 is 14.7 Å². The van der Waals surface area contributed by atoms with E-state index in [0.29, 0.717) is 51.5 Å². The molecule has 2 fully saturated rings. The van der Waals surface area contributed by atoms with Gasteiger partial charge < -0.3 is 30.9 Å². The molecule has 2 amide bonds. The Balaban J connectivity index is 1.31. The molecule has 3 atom stereocenters. The van der Waals surface area contributed by atoms with Gasteiger partial charge in [0.25, 0.3) is 5.91 Å². The Kier molecular flexibility index (Phi) is 9.05. The number of benzene rings is 2. The van der Waals surface area contributed by atoms with Crippen molar-refractivity contribution in [2.45, 2.75) is 57.8 Å². The Labute approximate surface area is 271 Å². The number of nitrogens with zero attached hydrogens (tertiary/aromatic N) is 5. The molecule has 1 aromatic heterocycles. The van der Waals surface area contributed by atoms with Gasteiger partial charge in [-0.25, -0.2) is 4.98 Å². The number of pyridine rings is 1. The van der Waals surface area contributed by atoms with Crippen LogP contribution in [-0.2, 0) is 17.8 Å². The van der Waals surface area contributed by atoms with Crippen LogP contribution < -0.4 is 20.9 Å². The summed E-state index contributed by atoms with van der Waals surface area (Å²) in [6, 6.07) is 14.5. The number of rotatable bonds is 8. The van der Waals surface area contributed by atoms with Gasteiger partial charge in [0, 0.05) is 80.7 Å². The number of aliphatic hydroxyl groups is 1. The number of anilines is 2. The minimum Gasteiger partial charge on any atom is -0.389 e. The first-order chi connectivity index (χ1) is 22.1. The summed E-state index contributed by atoms with van der Waals surface area (Å²) in [5.74, 6) is -0.321. The fourth-order valence-electron chi connectivity index (χ4n) is 7.50. The van der Waals surface area contributed by atoms with Gasteiger partial charge in [0.05, 0.1) is 23.9 Å². The van der Waals surface area contributed by atoms with Crippen LogP contribution >= 0.6 is 0 Å². The van der Waals surface area contributed by atoms with Gasteiger partial charge in [-0.05, 0) is 62.8 Å². The molecule has 2 aromatic carbocycles. The van der Waals surface area contributed by atoms with Crippen molar-refractivity contribution in [1.82, 2.24) is 20.1 Å². The number of hydrogen-bond donors (Lipinski definition) is 3. The van der Waals surface area contributed by atoms with Gasteiger partial charge >= 0.3 is 0 Å². The van der Waals surface area contributed by atoms with E-state index in [1.54, 1.807) is 4.90 Å². The lowest BCUT2D eigenvalue weighted by Gasteiger charge is -2.43. The predicted octanol–water partition coefficient (Wildman–Crippen LogP) is 2.84. The Morgan fingerprint density at radius 1 is 1.15 bits per heavy atom. The number of amides is 2. The average molecular weight is 626 g/mol. The fourth-order valence-corrected chi connectivity index (χ4v) is 7.50. The van der Waals surface area contributed by atoms with Crippen LogP contribution in [0.3, 0.4) is 0 Å². The smallest absolute Gasteiger partial charge is 0.270 e. The largest absolute Gasteiger partial charge is 0.389 e. The van der Waals surface area contributed by atoms with Crippen molar-refractivity contribution >= 4 is 34.0 Å². The molecule has 0 bridgehead atoms. The quantitative estimate of drug-likeness (QED) is 0.327. The van der Waals surface area contributed by atoms with E-state index in [1.165, 1.54) is 28.1 Å². The van der Waals surface area contributed by atoms with E-state index in [9.17, 15) is 14.7 Å². The summed E-state index contributed by atoms with van der Waals surface area (Å²) in [5.41, 5.74) is 11.3. The summed E-state index contributed by atoms with van der Waals surface area (Å²) in [6.45, 7) is 15.2. The molecule has 10 nitrogen and oxygen atoms in total. The normalized spacial score (nSPS) is 22.5. The minimum absolute atomic E-state index is 0.110. The maximum atomic E-state index is 13.8. The molecule has 10 heteroatoms. The Bertz CT molecular complexity index is 1630. The molecule has 6 rings (SSSR count). The number of carbonyl (C=O) groups excluding carboxylic acids is 2. The van der Waals surface area contributed by atoms with Crippen molar-refractivity contribution in [2.24, 2.45) is 5.73 Å². The van der Waals surface area contributed by atoms with Crippen molar-refractivity contribution in [1.29, 1.82) is 0 Å². The van der Waals surface area contributed by atoms with Crippen molar-refractivity contribution in [3.05, 3.63) is 77.6 Å². The third-order valence-electron chi connectivity index (χ3n) is 9.82. The van der Waals surface area contributed by atoms with E-state index in [-0.39, 0.29) is 23.9 Å². The molecule has 2 unspecified atom stereocenters. The molecule has 3 aliphatic heterocycles. The Morgan fingerprint density at radius 2 is 1.93 bits per heavy atom. The van der Waals surface area contributed by atoms with Crippen LogP contribution in [-0.4, -0.2) is 102 Å². The second-order valence-electron chi connectivity index (χ2n) is 13.5. The van der Waals surface area contributed by atoms with Crippen molar-refractivity contribution in [3.63, 3.8) is 0 Å². The first kappa shape index (κ1) is 32.0. The highest BCUT2D eigenvalue weighted by molar-refractivity contribution is 5.97. The zero-order chi connectivity index (χ0) is 32.6. The molecule has 2 saturated heterocycles.